The van der Waals surface area contributed by atoms with Crippen molar-refractivity contribution >= 4 is 27.3 Å². The third-order valence-electron chi connectivity index (χ3n) is 3.96. The van der Waals surface area contributed by atoms with Gasteiger partial charge in [0.25, 0.3) is 0 Å². The summed E-state index contributed by atoms with van der Waals surface area (Å²) in [6.07, 6.45) is 1.05. The fourth-order valence-electron chi connectivity index (χ4n) is 2.37. The van der Waals surface area contributed by atoms with E-state index in [4.69, 9.17) is 0 Å². The van der Waals surface area contributed by atoms with Crippen molar-refractivity contribution in [3.05, 3.63) is 51.7 Å². The molecule has 2 aromatic rings. The van der Waals surface area contributed by atoms with Gasteiger partial charge in [0.05, 0.1) is 18.0 Å². The van der Waals surface area contributed by atoms with E-state index in [1.54, 1.807) is 24.3 Å². The molecule has 0 aliphatic rings. The van der Waals surface area contributed by atoms with Crippen LogP contribution in [0.5, 0.6) is 0 Å². The number of sulfonamides is 1. The number of aryl methyl sites for hydroxylation is 1. The van der Waals surface area contributed by atoms with E-state index >= 15 is 0 Å². The molecule has 0 atom stereocenters. The number of hydrogen-bond acceptors (Lipinski definition) is 4. The zero-order valence-electron chi connectivity index (χ0n) is 16.3. The summed E-state index contributed by atoms with van der Waals surface area (Å²) in [4.78, 5) is 7.53. The van der Waals surface area contributed by atoms with Gasteiger partial charge in [0, 0.05) is 30.4 Å². The van der Waals surface area contributed by atoms with E-state index in [2.05, 4.69) is 34.7 Å². The second-order valence-corrected chi connectivity index (χ2v) is 9.61. The standard InChI is InChI=1S/C19H28N4O2S2/c1-5-16-9-10-17(26-16)14-22-19(20-6-2)21-13-15-7-11-18(12-8-15)27(24,25)23(3)4/h7-12H,5-6,13-14H2,1-4H3,(H2,20,21,22). The Balaban J connectivity index is 2.01. The monoisotopic (exact) mass is 408 g/mol. The lowest BCUT2D eigenvalue weighted by Gasteiger charge is -2.12. The highest BCUT2D eigenvalue weighted by Gasteiger charge is 2.16. The normalized spacial score (nSPS) is 12.4. The second-order valence-electron chi connectivity index (χ2n) is 6.20. The second kappa shape index (κ2) is 9.87. The van der Waals surface area contributed by atoms with Crippen molar-refractivity contribution in [2.45, 2.75) is 38.3 Å². The van der Waals surface area contributed by atoms with E-state index in [-0.39, 0.29) is 4.90 Å². The van der Waals surface area contributed by atoms with Gasteiger partial charge in [0.15, 0.2) is 5.96 Å². The van der Waals surface area contributed by atoms with Gasteiger partial charge in [0.2, 0.25) is 10.0 Å². The van der Waals surface area contributed by atoms with Crippen LogP contribution in [-0.4, -0.2) is 39.3 Å². The first-order chi connectivity index (χ1) is 12.9. The molecular formula is C19H28N4O2S2. The molecule has 0 saturated heterocycles. The number of nitrogens with zero attached hydrogens (tertiary/aromatic N) is 2. The van der Waals surface area contributed by atoms with Gasteiger partial charge >= 0.3 is 0 Å². The summed E-state index contributed by atoms with van der Waals surface area (Å²) < 4.78 is 25.4. The van der Waals surface area contributed by atoms with Gasteiger partial charge in [-0.05, 0) is 43.2 Å². The molecule has 2 rings (SSSR count). The van der Waals surface area contributed by atoms with Gasteiger partial charge < -0.3 is 10.6 Å². The maximum atomic E-state index is 12.1. The van der Waals surface area contributed by atoms with Crippen LogP contribution < -0.4 is 10.6 Å². The Kier molecular flexibility index (Phi) is 7.82. The maximum Gasteiger partial charge on any atom is 0.242 e. The number of benzene rings is 1. The van der Waals surface area contributed by atoms with Crippen LogP contribution in [0.15, 0.2) is 46.3 Å². The molecule has 0 bridgehead atoms. The molecule has 0 saturated carbocycles. The van der Waals surface area contributed by atoms with E-state index in [0.717, 1.165) is 31.0 Å². The summed E-state index contributed by atoms with van der Waals surface area (Å²) in [7, 11) is -0.346. The molecule has 0 amide bonds. The first-order valence-corrected chi connectivity index (χ1v) is 11.2. The van der Waals surface area contributed by atoms with Crippen molar-refractivity contribution in [2.75, 3.05) is 20.6 Å². The topological polar surface area (TPSA) is 73.8 Å². The minimum absolute atomic E-state index is 0.287. The van der Waals surface area contributed by atoms with E-state index in [1.165, 1.54) is 28.2 Å². The summed E-state index contributed by atoms with van der Waals surface area (Å²) in [5, 5.41) is 6.58. The van der Waals surface area contributed by atoms with Gasteiger partial charge in [-0.15, -0.1) is 11.3 Å². The fraction of sp³-hybridized carbons (Fsp3) is 0.421. The van der Waals surface area contributed by atoms with Crippen LogP contribution in [-0.2, 0) is 29.5 Å². The third kappa shape index (κ3) is 6.05. The lowest BCUT2D eigenvalue weighted by molar-refractivity contribution is 0.520. The SMILES string of the molecule is CCNC(=NCc1ccc(S(=O)(=O)N(C)C)cc1)NCc1ccc(CC)s1. The Hall–Kier alpha value is -1.90. The number of hydrogen-bond donors (Lipinski definition) is 2. The lowest BCUT2D eigenvalue weighted by Crippen LogP contribution is -2.36. The van der Waals surface area contributed by atoms with Crippen LogP contribution in [0, 0.1) is 0 Å². The average Bonchev–Trinajstić information content (AvgIpc) is 3.12. The molecule has 2 N–H and O–H groups in total. The molecule has 0 spiro atoms. The Morgan fingerprint density at radius 1 is 1.04 bits per heavy atom. The largest absolute Gasteiger partial charge is 0.357 e. The molecule has 8 heteroatoms. The van der Waals surface area contributed by atoms with E-state index in [9.17, 15) is 8.42 Å². The molecule has 0 aliphatic heterocycles. The van der Waals surface area contributed by atoms with Crippen molar-refractivity contribution in [1.29, 1.82) is 0 Å². The lowest BCUT2D eigenvalue weighted by atomic mass is 10.2. The smallest absolute Gasteiger partial charge is 0.242 e. The summed E-state index contributed by atoms with van der Waals surface area (Å²) in [5.74, 6) is 0.744. The summed E-state index contributed by atoms with van der Waals surface area (Å²) in [5.41, 5.74) is 0.953. The highest BCUT2D eigenvalue weighted by Crippen LogP contribution is 2.17. The molecule has 1 aromatic carbocycles. The van der Waals surface area contributed by atoms with E-state index in [1.807, 2.05) is 18.3 Å². The van der Waals surface area contributed by atoms with Gasteiger partial charge in [-0.25, -0.2) is 17.7 Å². The summed E-state index contributed by atoms with van der Waals surface area (Å²) >= 11 is 1.81. The van der Waals surface area contributed by atoms with Crippen molar-refractivity contribution in [3.63, 3.8) is 0 Å². The van der Waals surface area contributed by atoms with E-state index in [0.29, 0.717) is 6.54 Å². The highest BCUT2D eigenvalue weighted by molar-refractivity contribution is 7.89. The van der Waals surface area contributed by atoms with Crippen LogP contribution >= 0.6 is 11.3 Å². The zero-order chi connectivity index (χ0) is 19.9. The molecule has 27 heavy (non-hydrogen) atoms. The Morgan fingerprint density at radius 2 is 1.70 bits per heavy atom. The Morgan fingerprint density at radius 3 is 2.26 bits per heavy atom. The van der Waals surface area contributed by atoms with Crippen molar-refractivity contribution in [2.24, 2.45) is 4.99 Å². The molecule has 1 aromatic heterocycles. The Bertz CT molecular complexity index is 856. The molecule has 1 heterocycles. The van der Waals surface area contributed by atoms with Crippen molar-refractivity contribution in [1.82, 2.24) is 14.9 Å². The van der Waals surface area contributed by atoms with Crippen LogP contribution in [0.4, 0.5) is 0 Å². The molecule has 148 valence electrons. The number of guanidine groups is 1. The number of thiophene rings is 1. The number of aliphatic imine (C=N–C) groups is 1. The van der Waals surface area contributed by atoms with Gasteiger partial charge in [-0.1, -0.05) is 19.1 Å². The zero-order valence-corrected chi connectivity index (χ0v) is 18.0. The van der Waals surface area contributed by atoms with Crippen LogP contribution in [0.3, 0.4) is 0 Å². The van der Waals surface area contributed by atoms with Crippen molar-refractivity contribution < 1.29 is 8.42 Å². The predicted molar refractivity (Wildman–Crippen MR) is 113 cm³/mol. The number of rotatable bonds is 8. The van der Waals surface area contributed by atoms with Crippen molar-refractivity contribution in [3.8, 4) is 0 Å². The minimum atomic E-state index is -3.40. The first kappa shape index (κ1) is 21.4. The van der Waals surface area contributed by atoms with Crippen LogP contribution in [0.25, 0.3) is 0 Å². The Labute approximate surface area is 166 Å². The van der Waals surface area contributed by atoms with Gasteiger partial charge in [-0.3, -0.25) is 0 Å². The van der Waals surface area contributed by atoms with Gasteiger partial charge in [0.1, 0.15) is 0 Å². The molecule has 0 fully saturated rings. The first-order valence-electron chi connectivity index (χ1n) is 8.98. The third-order valence-corrected chi connectivity index (χ3v) is 7.02. The summed E-state index contributed by atoms with van der Waals surface area (Å²) in [6.45, 7) is 6.16. The maximum absolute atomic E-state index is 12.1. The van der Waals surface area contributed by atoms with Crippen LogP contribution in [0.1, 0.15) is 29.2 Å². The minimum Gasteiger partial charge on any atom is -0.357 e. The molecule has 0 aliphatic carbocycles. The van der Waals surface area contributed by atoms with E-state index < -0.39 is 10.0 Å². The van der Waals surface area contributed by atoms with Crippen LogP contribution in [0.2, 0.25) is 0 Å². The molecule has 0 radical (unpaired) electrons. The van der Waals surface area contributed by atoms with Gasteiger partial charge in [-0.2, -0.15) is 0 Å². The molecular weight excluding hydrogens is 380 g/mol. The summed E-state index contributed by atoms with van der Waals surface area (Å²) in [6, 6.07) is 11.2. The highest BCUT2D eigenvalue weighted by atomic mass is 32.2. The predicted octanol–water partition coefficient (Wildman–Crippen LogP) is 2.82. The quantitative estimate of drug-likeness (QED) is 0.520. The number of nitrogens with one attached hydrogen (secondary N) is 2. The molecule has 0 unspecified atom stereocenters. The fourth-order valence-corrected chi connectivity index (χ4v) is 4.17. The molecule has 6 nitrogen and oxygen atoms in total. The average molecular weight is 409 g/mol.